The highest BCUT2D eigenvalue weighted by molar-refractivity contribution is 6.36. The Labute approximate surface area is 157 Å². The maximum absolute atomic E-state index is 13.2. The number of aliphatic hydroxyl groups excluding tert-OH is 1. The zero-order chi connectivity index (χ0) is 19.1. The maximum atomic E-state index is 13.2. The summed E-state index contributed by atoms with van der Waals surface area (Å²) in [7, 11) is 0. The molecule has 0 saturated heterocycles. The van der Waals surface area contributed by atoms with Gasteiger partial charge in [-0.3, -0.25) is 9.59 Å². The highest BCUT2D eigenvalue weighted by atomic mass is 16.3. The van der Waals surface area contributed by atoms with E-state index in [-0.39, 0.29) is 18.4 Å². The van der Waals surface area contributed by atoms with Gasteiger partial charge in [-0.1, -0.05) is 18.2 Å². The van der Waals surface area contributed by atoms with Crippen molar-refractivity contribution in [2.45, 2.75) is 13.8 Å². The number of nitrogens with one attached hydrogen (secondary N) is 1. The molecule has 2 amide bonds. The van der Waals surface area contributed by atoms with Crippen LogP contribution in [-0.4, -0.2) is 30.1 Å². The van der Waals surface area contributed by atoms with E-state index in [2.05, 4.69) is 5.32 Å². The van der Waals surface area contributed by atoms with Gasteiger partial charge < -0.3 is 10.4 Å². The van der Waals surface area contributed by atoms with E-state index in [4.69, 9.17) is 5.11 Å². The molecule has 1 aliphatic heterocycles. The van der Waals surface area contributed by atoms with Gasteiger partial charge in [0.2, 0.25) is 0 Å². The first-order chi connectivity index (χ1) is 13.0. The summed E-state index contributed by atoms with van der Waals surface area (Å²) in [5.41, 5.74) is 4.53. The van der Waals surface area contributed by atoms with Gasteiger partial charge in [-0.2, -0.15) is 0 Å². The SMILES string of the molecule is Cc1ccc(N2C(=O)c3cccc4c(NCCO)ccc(c34)C2=O)cc1C. The summed E-state index contributed by atoms with van der Waals surface area (Å²) >= 11 is 0. The molecule has 27 heavy (non-hydrogen) atoms. The van der Waals surface area contributed by atoms with Crippen molar-refractivity contribution in [2.75, 3.05) is 23.4 Å². The first-order valence-corrected chi connectivity index (χ1v) is 8.89. The minimum atomic E-state index is -0.319. The van der Waals surface area contributed by atoms with Crippen molar-refractivity contribution in [2.24, 2.45) is 0 Å². The van der Waals surface area contributed by atoms with Crippen LogP contribution in [0.25, 0.3) is 10.8 Å². The third-order valence-electron chi connectivity index (χ3n) is 5.08. The summed E-state index contributed by atoms with van der Waals surface area (Å²) in [6.45, 7) is 4.36. The number of aryl methyl sites for hydroxylation is 2. The number of rotatable bonds is 4. The molecule has 136 valence electrons. The van der Waals surface area contributed by atoms with E-state index in [0.29, 0.717) is 28.7 Å². The van der Waals surface area contributed by atoms with Crippen LogP contribution in [0.2, 0.25) is 0 Å². The zero-order valence-electron chi connectivity index (χ0n) is 15.2. The molecule has 0 bridgehead atoms. The molecule has 5 heteroatoms. The van der Waals surface area contributed by atoms with Crippen molar-refractivity contribution in [1.29, 1.82) is 0 Å². The molecular weight excluding hydrogens is 340 g/mol. The monoisotopic (exact) mass is 360 g/mol. The summed E-state index contributed by atoms with van der Waals surface area (Å²) < 4.78 is 0. The first kappa shape index (κ1) is 17.2. The smallest absolute Gasteiger partial charge is 0.265 e. The topological polar surface area (TPSA) is 69.6 Å². The number of nitrogens with zero attached hydrogens (tertiary/aromatic N) is 1. The van der Waals surface area contributed by atoms with Crippen molar-refractivity contribution >= 4 is 34.0 Å². The van der Waals surface area contributed by atoms with Crippen LogP contribution >= 0.6 is 0 Å². The number of hydrogen-bond donors (Lipinski definition) is 2. The number of benzene rings is 3. The summed E-state index contributed by atoms with van der Waals surface area (Å²) in [5, 5.41) is 13.7. The zero-order valence-corrected chi connectivity index (χ0v) is 15.2. The molecule has 0 atom stereocenters. The predicted octanol–water partition coefficient (Wildman–Crippen LogP) is 3.66. The molecule has 0 radical (unpaired) electrons. The van der Waals surface area contributed by atoms with Crippen molar-refractivity contribution in [3.05, 3.63) is 70.8 Å². The summed E-state index contributed by atoms with van der Waals surface area (Å²) in [4.78, 5) is 27.6. The molecule has 3 aromatic rings. The van der Waals surface area contributed by atoms with Gasteiger partial charge in [-0.25, -0.2) is 4.90 Å². The van der Waals surface area contributed by atoms with Gasteiger partial charge in [0, 0.05) is 34.1 Å². The fourth-order valence-electron chi connectivity index (χ4n) is 3.54. The molecule has 1 heterocycles. The molecule has 0 spiro atoms. The minimum absolute atomic E-state index is 0.00134. The number of anilines is 2. The molecule has 5 nitrogen and oxygen atoms in total. The lowest BCUT2D eigenvalue weighted by atomic mass is 9.92. The van der Waals surface area contributed by atoms with Gasteiger partial charge in [0.15, 0.2) is 0 Å². The van der Waals surface area contributed by atoms with Crippen molar-refractivity contribution in [3.63, 3.8) is 0 Å². The van der Waals surface area contributed by atoms with Crippen LogP contribution in [0.3, 0.4) is 0 Å². The second kappa shape index (κ2) is 6.52. The average molecular weight is 360 g/mol. The van der Waals surface area contributed by atoms with Gasteiger partial charge in [-0.05, 0) is 55.3 Å². The number of hydrogen-bond acceptors (Lipinski definition) is 4. The molecule has 0 aliphatic carbocycles. The average Bonchev–Trinajstić information content (AvgIpc) is 2.67. The fourth-order valence-corrected chi connectivity index (χ4v) is 3.54. The Morgan fingerprint density at radius 3 is 2.37 bits per heavy atom. The Bertz CT molecular complexity index is 1070. The van der Waals surface area contributed by atoms with E-state index in [9.17, 15) is 9.59 Å². The van der Waals surface area contributed by atoms with Crippen LogP contribution in [0.5, 0.6) is 0 Å². The van der Waals surface area contributed by atoms with E-state index >= 15 is 0 Å². The Hall–Kier alpha value is -3.18. The van der Waals surface area contributed by atoms with Crippen LogP contribution in [0.15, 0.2) is 48.5 Å². The van der Waals surface area contributed by atoms with Crippen LogP contribution in [-0.2, 0) is 0 Å². The largest absolute Gasteiger partial charge is 0.395 e. The lowest BCUT2D eigenvalue weighted by Gasteiger charge is -2.28. The van der Waals surface area contributed by atoms with E-state index in [0.717, 1.165) is 22.2 Å². The second-order valence-electron chi connectivity index (χ2n) is 6.75. The van der Waals surface area contributed by atoms with Crippen molar-refractivity contribution < 1.29 is 14.7 Å². The number of imide groups is 1. The number of amides is 2. The molecule has 1 aliphatic rings. The lowest BCUT2D eigenvalue weighted by molar-refractivity contribution is 0.0893. The van der Waals surface area contributed by atoms with Gasteiger partial charge >= 0.3 is 0 Å². The van der Waals surface area contributed by atoms with Gasteiger partial charge in [0.25, 0.3) is 11.8 Å². The van der Waals surface area contributed by atoms with E-state index in [1.807, 2.05) is 44.2 Å². The van der Waals surface area contributed by atoms with Crippen LogP contribution in [0.4, 0.5) is 11.4 Å². The number of carbonyl (C=O) groups excluding carboxylic acids is 2. The van der Waals surface area contributed by atoms with Crippen molar-refractivity contribution in [3.8, 4) is 0 Å². The molecular formula is C22H20N2O3. The third kappa shape index (κ3) is 2.67. The highest BCUT2D eigenvalue weighted by Crippen LogP contribution is 2.36. The van der Waals surface area contributed by atoms with Gasteiger partial charge in [0.05, 0.1) is 12.3 Å². The van der Waals surface area contributed by atoms with Crippen LogP contribution in [0, 0.1) is 13.8 Å². The molecule has 0 unspecified atom stereocenters. The Kier molecular flexibility index (Phi) is 4.16. The molecule has 0 saturated carbocycles. The Morgan fingerprint density at radius 2 is 1.67 bits per heavy atom. The van der Waals surface area contributed by atoms with Crippen LogP contribution in [0.1, 0.15) is 31.8 Å². The second-order valence-corrected chi connectivity index (χ2v) is 6.75. The Morgan fingerprint density at radius 1 is 0.926 bits per heavy atom. The molecule has 0 fully saturated rings. The van der Waals surface area contributed by atoms with Crippen LogP contribution < -0.4 is 10.2 Å². The van der Waals surface area contributed by atoms with Gasteiger partial charge in [0.1, 0.15) is 0 Å². The fraction of sp³-hybridized carbons (Fsp3) is 0.182. The summed E-state index contributed by atoms with van der Waals surface area (Å²) in [6.07, 6.45) is 0. The predicted molar refractivity (Wildman–Crippen MR) is 107 cm³/mol. The highest BCUT2D eigenvalue weighted by Gasteiger charge is 2.34. The maximum Gasteiger partial charge on any atom is 0.265 e. The molecule has 4 rings (SSSR count). The summed E-state index contributed by atoms with van der Waals surface area (Å²) in [6, 6.07) is 14.6. The summed E-state index contributed by atoms with van der Waals surface area (Å²) in [5.74, 6) is -0.638. The van der Waals surface area contributed by atoms with E-state index < -0.39 is 0 Å². The van der Waals surface area contributed by atoms with E-state index in [1.165, 1.54) is 4.90 Å². The van der Waals surface area contributed by atoms with Crippen molar-refractivity contribution in [1.82, 2.24) is 0 Å². The van der Waals surface area contributed by atoms with E-state index in [1.54, 1.807) is 18.2 Å². The Balaban J connectivity index is 1.89. The molecule has 2 N–H and O–H groups in total. The quantitative estimate of drug-likeness (QED) is 0.697. The lowest BCUT2D eigenvalue weighted by Crippen LogP contribution is -2.40. The third-order valence-corrected chi connectivity index (χ3v) is 5.08. The molecule has 0 aromatic heterocycles. The minimum Gasteiger partial charge on any atom is -0.395 e. The van der Waals surface area contributed by atoms with Gasteiger partial charge in [-0.15, -0.1) is 0 Å². The number of aliphatic hydroxyl groups is 1. The molecule has 3 aromatic carbocycles. The standard InChI is InChI=1S/C22H20N2O3/c1-13-6-7-15(12-14(13)2)24-21(26)17-5-3-4-16-19(23-10-11-25)9-8-18(20(16)17)22(24)27/h3-9,12,23,25H,10-11H2,1-2H3. The number of carbonyl (C=O) groups is 2. The normalized spacial score (nSPS) is 13.4. The first-order valence-electron chi connectivity index (χ1n) is 8.89.